The number of hydrogen-bond acceptors (Lipinski definition) is 3. The van der Waals surface area contributed by atoms with Gasteiger partial charge in [-0.15, -0.1) is 0 Å². The second-order valence-electron chi connectivity index (χ2n) is 3.93. The molecule has 0 bridgehead atoms. The first-order valence-electron chi connectivity index (χ1n) is 5.18. The van der Waals surface area contributed by atoms with Gasteiger partial charge in [-0.1, -0.05) is 0 Å². The largest absolute Gasteiger partial charge is 0.348 e. The van der Waals surface area contributed by atoms with Gasteiger partial charge in [0, 0.05) is 25.3 Å². The molecular formula is C10H16N4O. The predicted octanol–water partition coefficient (Wildman–Crippen LogP) is -0.180. The number of aromatic nitrogens is 2. The van der Waals surface area contributed by atoms with Crippen LogP contribution in [-0.2, 0) is 7.05 Å². The van der Waals surface area contributed by atoms with Crippen LogP contribution in [0.1, 0.15) is 22.5 Å². The molecule has 5 nitrogen and oxygen atoms in total. The normalized spacial score (nSPS) is 20.5. The molecule has 1 amide bonds. The van der Waals surface area contributed by atoms with Crippen LogP contribution in [0.3, 0.4) is 0 Å². The minimum absolute atomic E-state index is 0.0192. The molecule has 1 atom stereocenters. The molecule has 1 aromatic heterocycles. The summed E-state index contributed by atoms with van der Waals surface area (Å²) in [7, 11) is 1.84. The standard InChI is InChI=1S/C10H16N4O/c1-7-9(6-12-14(7)2)10(15)13-8-3-4-11-5-8/h6,8,11H,3-5H2,1-2H3,(H,13,15)/t8-/m1/s1. The molecule has 0 aliphatic carbocycles. The van der Waals surface area contributed by atoms with E-state index in [0.717, 1.165) is 25.2 Å². The summed E-state index contributed by atoms with van der Waals surface area (Å²) in [5.41, 5.74) is 1.57. The summed E-state index contributed by atoms with van der Waals surface area (Å²) in [6.07, 6.45) is 2.62. The summed E-state index contributed by atoms with van der Waals surface area (Å²) in [6, 6.07) is 0.261. The third-order valence-corrected chi connectivity index (χ3v) is 2.88. The topological polar surface area (TPSA) is 59.0 Å². The highest BCUT2D eigenvalue weighted by Gasteiger charge is 2.19. The number of hydrogen-bond donors (Lipinski definition) is 2. The fraction of sp³-hybridized carbons (Fsp3) is 0.600. The van der Waals surface area contributed by atoms with Gasteiger partial charge in [0.2, 0.25) is 0 Å². The molecule has 82 valence electrons. The molecule has 0 aromatic carbocycles. The monoisotopic (exact) mass is 208 g/mol. The van der Waals surface area contributed by atoms with Crippen molar-refractivity contribution in [1.29, 1.82) is 0 Å². The molecule has 1 fully saturated rings. The molecule has 15 heavy (non-hydrogen) atoms. The molecule has 2 heterocycles. The van der Waals surface area contributed by atoms with Gasteiger partial charge in [0.1, 0.15) is 0 Å². The maximum atomic E-state index is 11.8. The molecule has 0 unspecified atom stereocenters. The lowest BCUT2D eigenvalue weighted by Crippen LogP contribution is -2.36. The van der Waals surface area contributed by atoms with Gasteiger partial charge in [-0.2, -0.15) is 5.10 Å². The summed E-state index contributed by atoms with van der Waals surface area (Å²) in [5.74, 6) is -0.0192. The van der Waals surface area contributed by atoms with Gasteiger partial charge in [-0.25, -0.2) is 0 Å². The molecule has 2 rings (SSSR count). The highest BCUT2D eigenvalue weighted by Crippen LogP contribution is 2.06. The lowest BCUT2D eigenvalue weighted by molar-refractivity contribution is 0.0939. The number of nitrogens with zero attached hydrogens (tertiary/aromatic N) is 2. The summed E-state index contributed by atoms with van der Waals surface area (Å²) in [6.45, 7) is 3.75. The summed E-state index contributed by atoms with van der Waals surface area (Å²) < 4.78 is 1.71. The van der Waals surface area contributed by atoms with Gasteiger partial charge in [-0.3, -0.25) is 9.48 Å². The molecule has 1 saturated heterocycles. The van der Waals surface area contributed by atoms with E-state index in [1.165, 1.54) is 0 Å². The number of nitrogens with one attached hydrogen (secondary N) is 2. The number of carbonyl (C=O) groups is 1. The van der Waals surface area contributed by atoms with Crippen molar-refractivity contribution in [3.05, 3.63) is 17.5 Å². The number of aryl methyl sites for hydroxylation is 1. The highest BCUT2D eigenvalue weighted by molar-refractivity contribution is 5.95. The van der Waals surface area contributed by atoms with Crippen LogP contribution in [0.4, 0.5) is 0 Å². The zero-order valence-corrected chi connectivity index (χ0v) is 9.08. The van der Waals surface area contributed by atoms with E-state index >= 15 is 0 Å². The summed E-state index contributed by atoms with van der Waals surface area (Å²) in [4.78, 5) is 11.8. The lowest BCUT2D eigenvalue weighted by Gasteiger charge is -2.10. The molecule has 5 heteroatoms. The van der Waals surface area contributed by atoms with Gasteiger partial charge >= 0.3 is 0 Å². The Labute approximate surface area is 88.8 Å². The SMILES string of the molecule is Cc1c(C(=O)N[C@@H]2CCNC2)cnn1C. The number of carbonyl (C=O) groups excluding carboxylic acids is 1. The van der Waals surface area contributed by atoms with E-state index in [0.29, 0.717) is 5.56 Å². The maximum Gasteiger partial charge on any atom is 0.255 e. The Bertz CT molecular complexity index is 365. The van der Waals surface area contributed by atoms with E-state index in [-0.39, 0.29) is 11.9 Å². The average Bonchev–Trinajstić information content (AvgIpc) is 2.79. The number of amides is 1. The van der Waals surface area contributed by atoms with Gasteiger partial charge < -0.3 is 10.6 Å². The van der Waals surface area contributed by atoms with Gasteiger partial charge in [0.05, 0.1) is 11.8 Å². The molecule has 0 saturated carbocycles. The molecule has 0 radical (unpaired) electrons. The minimum Gasteiger partial charge on any atom is -0.348 e. The molecule has 1 aliphatic rings. The molecule has 1 aromatic rings. The van der Waals surface area contributed by atoms with Crippen LogP contribution in [0.15, 0.2) is 6.20 Å². The van der Waals surface area contributed by atoms with Crippen molar-refractivity contribution in [2.24, 2.45) is 7.05 Å². The van der Waals surface area contributed by atoms with Crippen LogP contribution >= 0.6 is 0 Å². The van der Waals surface area contributed by atoms with Crippen molar-refractivity contribution in [2.75, 3.05) is 13.1 Å². The second-order valence-corrected chi connectivity index (χ2v) is 3.93. The van der Waals surface area contributed by atoms with Crippen molar-refractivity contribution in [2.45, 2.75) is 19.4 Å². The quantitative estimate of drug-likeness (QED) is 0.709. The van der Waals surface area contributed by atoms with Crippen molar-refractivity contribution < 1.29 is 4.79 Å². The van der Waals surface area contributed by atoms with E-state index in [1.54, 1.807) is 10.9 Å². The highest BCUT2D eigenvalue weighted by atomic mass is 16.1. The smallest absolute Gasteiger partial charge is 0.255 e. The Balaban J connectivity index is 2.04. The van der Waals surface area contributed by atoms with Crippen LogP contribution in [0.25, 0.3) is 0 Å². The van der Waals surface area contributed by atoms with Crippen molar-refractivity contribution in [3.63, 3.8) is 0 Å². The minimum atomic E-state index is -0.0192. The Morgan fingerprint density at radius 2 is 2.53 bits per heavy atom. The van der Waals surface area contributed by atoms with Crippen LogP contribution in [0.5, 0.6) is 0 Å². The van der Waals surface area contributed by atoms with Crippen LogP contribution < -0.4 is 10.6 Å². The molecule has 1 aliphatic heterocycles. The van der Waals surface area contributed by atoms with Crippen molar-refractivity contribution in [1.82, 2.24) is 20.4 Å². The van der Waals surface area contributed by atoms with Gasteiger partial charge in [-0.05, 0) is 19.9 Å². The summed E-state index contributed by atoms with van der Waals surface area (Å²) in [5, 5.41) is 10.3. The predicted molar refractivity (Wildman–Crippen MR) is 56.7 cm³/mol. The fourth-order valence-corrected chi connectivity index (χ4v) is 1.76. The van der Waals surface area contributed by atoms with Crippen molar-refractivity contribution >= 4 is 5.91 Å². The summed E-state index contributed by atoms with van der Waals surface area (Å²) >= 11 is 0. The van der Waals surface area contributed by atoms with Crippen LogP contribution in [0, 0.1) is 6.92 Å². The van der Waals surface area contributed by atoms with Crippen LogP contribution in [0.2, 0.25) is 0 Å². The molecule has 0 spiro atoms. The zero-order chi connectivity index (χ0) is 10.8. The van der Waals surface area contributed by atoms with E-state index in [2.05, 4.69) is 15.7 Å². The van der Waals surface area contributed by atoms with E-state index < -0.39 is 0 Å². The van der Waals surface area contributed by atoms with Gasteiger partial charge in [0.25, 0.3) is 5.91 Å². The molecular weight excluding hydrogens is 192 g/mol. The first-order chi connectivity index (χ1) is 7.18. The van der Waals surface area contributed by atoms with Crippen LogP contribution in [-0.4, -0.2) is 34.8 Å². The third-order valence-electron chi connectivity index (χ3n) is 2.88. The lowest BCUT2D eigenvalue weighted by atomic mass is 10.2. The zero-order valence-electron chi connectivity index (χ0n) is 9.08. The van der Waals surface area contributed by atoms with E-state index in [1.807, 2.05) is 14.0 Å². The third kappa shape index (κ3) is 2.02. The van der Waals surface area contributed by atoms with Crippen molar-refractivity contribution in [3.8, 4) is 0 Å². The number of rotatable bonds is 2. The second kappa shape index (κ2) is 4.02. The first-order valence-corrected chi connectivity index (χ1v) is 5.18. The average molecular weight is 208 g/mol. The van der Waals surface area contributed by atoms with E-state index in [4.69, 9.17) is 0 Å². The van der Waals surface area contributed by atoms with Gasteiger partial charge in [0.15, 0.2) is 0 Å². The molecule has 2 N–H and O–H groups in total. The fourth-order valence-electron chi connectivity index (χ4n) is 1.76. The van der Waals surface area contributed by atoms with E-state index in [9.17, 15) is 4.79 Å². The Hall–Kier alpha value is -1.36. The Kier molecular flexibility index (Phi) is 2.73. The first kappa shape index (κ1) is 10.2. The maximum absolute atomic E-state index is 11.8. The Morgan fingerprint density at radius 1 is 1.73 bits per heavy atom. The Morgan fingerprint density at radius 3 is 3.07 bits per heavy atom.